The maximum atomic E-state index is 10.1. The van der Waals surface area contributed by atoms with E-state index in [0.29, 0.717) is 35.9 Å². The van der Waals surface area contributed by atoms with Gasteiger partial charge in [-0.3, -0.25) is 0 Å². The molecule has 0 saturated carbocycles. The number of rotatable bonds is 5. The second kappa shape index (κ2) is 6.67. The van der Waals surface area contributed by atoms with Gasteiger partial charge in [0.25, 0.3) is 0 Å². The summed E-state index contributed by atoms with van der Waals surface area (Å²) in [5, 5.41) is 10.1. The van der Waals surface area contributed by atoms with Gasteiger partial charge in [0.2, 0.25) is 0 Å². The largest absolute Gasteiger partial charge is 0.491 e. The number of β-amino-alcohol motifs (C(OH)–C–C–N with tert-alkyl or cyclic N) is 1. The molecule has 118 valence electrons. The van der Waals surface area contributed by atoms with Gasteiger partial charge < -0.3 is 20.5 Å². The first kappa shape index (κ1) is 16.1. The highest BCUT2D eigenvalue weighted by Crippen LogP contribution is 2.33. The van der Waals surface area contributed by atoms with Crippen molar-refractivity contribution in [3.05, 3.63) is 24.3 Å². The summed E-state index contributed by atoms with van der Waals surface area (Å²) in [6, 6.07) is 7.30. The molecule has 1 aliphatic rings. The first-order chi connectivity index (χ1) is 9.84. The summed E-state index contributed by atoms with van der Waals surface area (Å²) in [5.74, 6) is 1.42. The minimum absolute atomic E-state index is 0.306. The van der Waals surface area contributed by atoms with E-state index in [1.54, 1.807) is 6.07 Å². The van der Waals surface area contributed by atoms with E-state index in [2.05, 4.69) is 25.7 Å². The van der Waals surface area contributed by atoms with Gasteiger partial charge in [0.15, 0.2) is 0 Å². The number of hydrogen-bond donors (Lipinski definition) is 2. The summed E-state index contributed by atoms with van der Waals surface area (Å²) in [5.41, 5.74) is 6.72. The maximum Gasteiger partial charge on any atom is 0.121 e. The zero-order chi connectivity index (χ0) is 15.5. The quantitative estimate of drug-likeness (QED) is 0.818. The fourth-order valence-corrected chi connectivity index (χ4v) is 2.85. The SMILES string of the molecule is CC(C)(C)C1CCN(CC(O)COc2cccc(N)c2)C1. The van der Waals surface area contributed by atoms with E-state index in [9.17, 15) is 5.11 Å². The van der Waals surface area contributed by atoms with Crippen molar-refractivity contribution in [3.63, 3.8) is 0 Å². The first-order valence-corrected chi connectivity index (χ1v) is 7.73. The molecular weight excluding hydrogens is 264 g/mol. The predicted octanol–water partition coefficient (Wildman–Crippen LogP) is 2.38. The van der Waals surface area contributed by atoms with Crippen molar-refractivity contribution >= 4 is 5.69 Å². The standard InChI is InChI=1S/C17H28N2O2/c1-17(2,3)13-7-8-19(10-13)11-15(20)12-21-16-6-4-5-14(18)9-16/h4-6,9,13,15,20H,7-8,10-12,18H2,1-3H3. The van der Waals surface area contributed by atoms with Crippen LogP contribution in [-0.2, 0) is 0 Å². The first-order valence-electron chi connectivity index (χ1n) is 7.73. The highest BCUT2D eigenvalue weighted by atomic mass is 16.5. The highest BCUT2D eigenvalue weighted by molar-refractivity contribution is 5.43. The van der Waals surface area contributed by atoms with Crippen LogP contribution in [0.15, 0.2) is 24.3 Å². The lowest BCUT2D eigenvalue weighted by Crippen LogP contribution is -2.35. The van der Waals surface area contributed by atoms with Crippen molar-refractivity contribution < 1.29 is 9.84 Å². The molecule has 2 rings (SSSR count). The van der Waals surface area contributed by atoms with Crippen LogP contribution in [0, 0.1) is 11.3 Å². The van der Waals surface area contributed by atoms with Crippen LogP contribution in [0.5, 0.6) is 5.75 Å². The van der Waals surface area contributed by atoms with Crippen molar-refractivity contribution in [2.45, 2.75) is 33.3 Å². The van der Waals surface area contributed by atoms with Gasteiger partial charge in [0.1, 0.15) is 18.5 Å². The third-order valence-electron chi connectivity index (χ3n) is 4.27. The molecule has 0 radical (unpaired) electrons. The molecule has 2 unspecified atom stereocenters. The summed E-state index contributed by atoms with van der Waals surface area (Å²) >= 11 is 0. The van der Waals surface area contributed by atoms with E-state index in [-0.39, 0.29) is 0 Å². The third-order valence-corrected chi connectivity index (χ3v) is 4.27. The zero-order valence-corrected chi connectivity index (χ0v) is 13.4. The fraction of sp³-hybridized carbons (Fsp3) is 0.647. The molecule has 4 nitrogen and oxygen atoms in total. The van der Waals surface area contributed by atoms with E-state index in [4.69, 9.17) is 10.5 Å². The number of anilines is 1. The molecule has 1 saturated heterocycles. The van der Waals surface area contributed by atoms with E-state index in [1.807, 2.05) is 18.2 Å². The van der Waals surface area contributed by atoms with Crippen LogP contribution in [0.1, 0.15) is 27.2 Å². The molecule has 0 aromatic heterocycles. The monoisotopic (exact) mass is 292 g/mol. The normalized spacial score (nSPS) is 21.4. The van der Waals surface area contributed by atoms with Gasteiger partial charge in [-0.05, 0) is 36.4 Å². The van der Waals surface area contributed by atoms with Crippen molar-refractivity contribution in [1.29, 1.82) is 0 Å². The molecular formula is C17H28N2O2. The summed E-state index contributed by atoms with van der Waals surface area (Å²) in [7, 11) is 0. The lowest BCUT2D eigenvalue weighted by Gasteiger charge is -2.27. The Kier molecular flexibility index (Phi) is 5.12. The van der Waals surface area contributed by atoms with Gasteiger partial charge in [0.05, 0.1) is 0 Å². The molecule has 0 spiro atoms. The minimum Gasteiger partial charge on any atom is -0.491 e. The maximum absolute atomic E-state index is 10.1. The van der Waals surface area contributed by atoms with Crippen LogP contribution in [0.2, 0.25) is 0 Å². The number of nitrogen functional groups attached to an aromatic ring is 1. The molecule has 2 atom stereocenters. The molecule has 1 aromatic carbocycles. The average molecular weight is 292 g/mol. The van der Waals surface area contributed by atoms with Gasteiger partial charge in [-0.2, -0.15) is 0 Å². The number of likely N-dealkylation sites (tertiary alicyclic amines) is 1. The van der Waals surface area contributed by atoms with Gasteiger partial charge in [-0.1, -0.05) is 26.8 Å². The smallest absolute Gasteiger partial charge is 0.121 e. The number of nitrogens with two attached hydrogens (primary N) is 1. The van der Waals surface area contributed by atoms with Crippen LogP contribution < -0.4 is 10.5 Å². The lowest BCUT2D eigenvalue weighted by atomic mass is 9.80. The zero-order valence-electron chi connectivity index (χ0n) is 13.4. The van der Waals surface area contributed by atoms with E-state index in [0.717, 1.165) is 13.1 Å². The summed E-state index contributed by atoms with van der Waals surface area (Å²) < 4.78 is 5.60. The Labute approximate surface area is 127 Å². The molecule has 1 aliphatic heterocycles. The summed E-state index contributed by atoms with van der Waals surface area (Å²) in [6.07, 6.45) is 0.747. The fourth-order valence-electron chi connectivity index (χ4n) is 2.85. The van der Waals surface area contributed by atoms with Crippen LogP contribution in [0.3, 0.4) is 0 Å². The molecule has 3 N–H and O–H groups in total. The van der Waals surface area contributed by atoms with Gasteiger partial charge in [0, 0.05) is 24.8 Å². The van der Waals surface area contributed by atoms with E-state index < -0.39 is 6.10 Å². The Morgan fingerprint density at radius 2 is 2.19 bits per heavy atom. The number of benzene rings is 1. The molecule has 1 heterocycles. The van der Waals surface area contributed by atoms with Crippen LogP contribution in [0.25, 0.3) is 0 Å². The Morgan fingerprint density at radius 3 is 2.81 bits per heavy atom. The molecule has 0 amide bonds. The number of nitrogens with zero attached hydrogens (tertiary/aromatic N) is 1. The van der Waals surface area contributed by atoms with Gasteiger partial charge in [-0.25, -0.2) is 0 Å². The van der Waals surface area contributed by atoms with E-state index >= 15 is 0 Å². The number of aliphatic hydroxyl groups is 1. The third kappa shape index (κ3) is 4.90. The molecule has 1 aromatic rings. The van der Waals surface area contributed by atoms with Gasteiger partial charge >= 0.3 is 0 Å². The van der Waals surface area contributed by atoms with Crippen molar-refractivity contribution in [2.24, 2.45) is 11.3 Å². The lowest BCUT2D eigenvalue weighted by molar-refractivity contribution is 0.0724. The van der Waals surface area contributed by atoms with Crippen molar-refractivity contribution in [1.82, 2.24) is 4.90 Å². The number of hydrogen-bond acceptors (Lipinski definition) is 4. The highest BCUT2D eigenvalue weighted by Gasteiger charge is 2.32. The van der Waals surface area contributed by atoms with Crippen LogP contribution in [-0.4, -0.2) is 42.4 Å². The second-order valence-corrected chi connectivity index (χ2v) is 7.15. The van der Waals surface area contributed by atoms with Crippen molar-refractivity contribution in [2.75, 3.05) is 32.0 Å². The molecule has 0 bridgehead atoms. The molecule has 0 aliphatic carbocycles. The van der Waals surface area contributed by atoms with Crippen molar-refractivity contribution in [3.8, 4) is 5.75 Å². The van der Waals surface area contributed by atoms with Crippen LogP contribution >= 0.6 is 0 Å². The number of ether oxygens (including phenoxy) is 1. The Morgan fingerprint density at radius 1 is 1.43 bits per heavy atom. The average Bonchev–Trinajstić information content (AvgIpc) is 2.85. The molecule has 1 fully saturated rings. The second-order valence-electron chi connectivity index (χ2n) is 7.15. The molecule has 4 heteroatoms. The summed E-state index contributed by atoms with van der Waals surface area (Å²) in [4.78, 5) is 2.34. The summed E-state index contributed by atoms with van der Waals surface area (Å²) in [6.45, 7) is 9.99. The molecule has 21 heavy (non-hydrogen) atoms. The topological polar surface area (TPSA) is 58.7 Å². The minimum atomic E-state index is -0.467. The number of aliphatic hydroxyl groups excluding tert-OH is 1. The van der Waals surface area contributed by atoms with Crippen LogP contribution in [0.4, 0.5) is 5.69 Å². The predicted molar refractivity (Wildman–Crippen MR) is 86.4 cm³/mol. The van der Waals surface area contributed by atoms with Gasteiger partial charge in [-0.15, -0.1) is 0 Å². The Hall–Kier alpha value is -1.26. The Bertz CT molecular complexity index is 456. The Balaban J connectivity index is 1.74. The van der Waals surface area contributed by atoms with E-state index in [1.165, 1.54) is 6.42 Å².